The molecule has 2 atom stereocenters. The van der Waals surface area contributed by atoms with Gasteiger partial charge in [-0.3, -0.25) is 0 Å². The Morgan fingerprint density at radius 3 is 2.29 bits per heavy atom. The Bertz CT molecular complexity index is 297. The van der Waals surface area contributed by atoms with Gasteiger partial charge in [-0.1, -0.05) is 57.5 Å². The highest BCUT2D eigenvalue weighted by molar-refractivity contribution is 5.19. The maximum absolute atomic E-state index is 9.40. The minimum Gasteiger partial charge on any atom is -0.395 e. The molecule has 0 bridgehead atoms. The first-order valence-electron chi connectivity index (χ1n) is 6.60. The second-order valence-corrected chi connectivity index (χ2v) is 4.95. The van der Waals surface area contributed by atoms with Crippen molar-refractivity contribution >= 4 is 0 Å². The predicted molar refractivity (Wildman–Crippen MR) is 72.9 cm³/mol. The van der Waals surface area contributed by atoms with E-state index in [1.807, 2.05) is 6.07 Å². The predicted octanol–water partition coefficient (Wildman–Crippen LogP) is 3.13. The molecule has 1 aromatic carbocycles. The maximum atomic E-state index is 9.40. The minimum atomic E-state index is 0.173. The van der Waals surface area contributed by atoms with Crippen molar-refractivity contribution in [1.82, 2.24) is 5.32 Å². The summed E-state index contributed by atoms with van der Waals surface area (Å²) in [5.41, 5.74) is 1.31. The summed E-state index contributed by atoms with van der Waals surface area (Å²) >= 11 is 0. The van der Waals surface area contributed by atoms with Crippen LogP contribution in [0.2, 0.25) is 0 Å². The van der Waals surface area contributed by atoms with E-state index in [0.717, 1.165) is 12.8 Å². The first-order chi connectivity index (χ1) is 8.19. The molecule has 96 valence electrons. The molecule has 17 heavy (non-hydrogen) atoms. The lowest BCUT2D eigenvalue weighted by Gasteiger charge is -2.27. The molecular weight excluding hydrogens is 210 g/mol. The highest BCUT2D eigenvalue weighted by Crippen LogP contribution is 2.20. The molecule has 2 nitrogen and oxygen atoms in total. The topological polar surface area (TPSA) is 32.3 Å². The van der Waals surface area contributed by atoms with Crippen molar-refractivity contribution < 1.29 is 5.11 Å². The lowest BCUT2D eigenvalue weighted by Crippen LogP contribution is -2.39. The zero-order valence-corrected chi connectivity index (χ0v) is 11.2. The normalized spacial score (nSPS) is 14.9. The molecule has 0 aliphatic heterocycles. The van der Waals surface area contributed by atoms with E-state index in [0.29, 0.717) is 12.0 Å². The van der Waals surface area contributed by atoms with Crippen LogP contribution in [0.15, 0.2) is 30.3 Å². The smallest absolute Gasteiger partial charge is 0.0587 e. The third-order valence-electron chi connectivity index (χ3n) is 3.20. The van der Waals surface area contributed by atoms with Crippen LogP contribution in [0.4, 0.5) is 0 Å². The fourth-order valence-electron chi connectivity index (χ4n) is 2.03. The average Bonchev–Trinajstić information content (AvgIpc) is 2.35. The molecule has 0 aliphatic carbocycles. The highest BCUT2D eigenvalue weighted by Gasteiger charge is 2.18. The third-order valence-corrected chi connectivity index (χ3v) is 3.20. The Hall–Kier alpha value is -0.860. The molecular formula is C15H25NO. The zero-order valence-electron chi connectivity index (χ0n) is 11.2. The van der Waals surface area contributed by atoms with Gasteiger partial charge in [0.15, 0.2) is 0 Å². The van der Waals surface area contributed by atoms with Crippen molar-refractivity contribution in [2.24, 2.45) is 5.92 Å². The molecule has 0 aromatic heterocycles. The first-order valence-corrected chi connectivity index (χ1v) is 6.60. The fraction of sp³-hybridized carbons (Fsp3) is 0.600. The van der Waals surface area contributed by atoms with E-state index >= 15 is 0 Å². The lowest BCUT2D eigenvalue weighted by atomic mass is 9.98. The molecule has 0 aliphatic rings. The van der Waals surface area contributed by atoms with Crippen LogP contribution in [0.5, 0.6) is 0 Å². The fourth-order valence-corrected chi connectivity index (χ4v) is 2.03. The van der Waals surface area contributed by atoms with E-state index in [9.17, 15) is 5.11 Å². The van der Waals surface area contributed by atoms with Gasteiger partial charge in [0.1, 0.15) is 0 Å². The summed E-state index contributed by atoms with van der Waals surface area (Å²) in [6.07, 6.45) is 2.25. The molecule has 0 radical (unpaired) electrons. The van der Waals surface area contributed by atoms with Gasteiger partial charge in [-0.25, -0.2) is 0 Å². The Labute approximate surface area is 105 Å². The van der Waals surface area contributed by atoms with E-state index in [2.05, 4.69) is 50.4 Å². The van der Waals surface area contributed by atoms with Gasteiger partial charge in [-0.15, -0.1) is 0 Å². The van der Waals surface area contributed by atoms with Crippen molar-refractivity contribution in [2.45, 2.75) is 45.7 Å². The van der Waals surface area contributed by atoms with E-state index in [4.69, 9.17) is 0 Å². The number of aliphatic hydroxyl groups excluding tert-OH is 1. The van der Waals surface area contributed by atoms with Crippen LogP contribution in [-0.2, 0) is 0 Å². The van der Waals surface area contributed by atoms with Crippen molar-refractivity contribution in [3.05, 3.63) is 35.9 Å². The number of hydrogen-bond acceptors (Lipinski definition) is 2. The van der Waals surface area contributed by atoms with Gasteiger partial charge >= 0.3 is 0 Å². The molecule has 1 rings (SSSR count). The number of nitrogens with one attached hydrogen (secondary N) is 1. The third kappa shape index (κ3) is 4.49. The summed E-state index contributed by atoms with van der Waals surface area (Å²) in [7, 11) is 0. The van der Waals surface area contributed by atoms with Crippen molar-refractivity contribution in [3.8, 4) is 0 Å². The van der Waals surface area contributed by atoms with Gasteiger partial charge in [0.25, 0.3) is 0 Å². The molecule has 0 amide bonds. The summed E-state index contributed by atoms with van der Waals surface area (Å²) in [6.45, 7) is 6.68. The molecule has 2 heteroatoms. The van der Waals surface area contributed by atoms with Gasteiger partial charge in [0.05, 0.1) is 6.61 Å². The Morgan fingerprint density at radius 1 is 1.18 bits per heavy atom. The molecule has 0 saturated carbocycles. The second-order valence-electron chi connectivity index (χ2n) is 4.95. The van der Waals surface area contributed by atoms with Crippen LogP contribution in [0.3, 0.4) is 0 Å². The Kier molecular flexibility index (Phi) is 6.23. The van der Waals surface area contributed by atoms with Crippen LogP contribution in [0, 0.1) is 5.92 Å². The molecule has 1 aromatic rings. The number of hydrogen-bond donors (Lipinski definition) is 2. The van der Waals surface area contributed by atoms with Gasteiger partial charge < -0.3 is 10.4 Å². The van der Waals surface area contributed by atoms with Crippen LogP contribution in [0.25, 0.3) is 0 Å². The lowest BCUT2D eigenvalue weighted by molar-refractivity contribution is 0.196. The van der Waals surface area contributed by atoms with E-state index < -0.39 is 0 Å². The number of benzene rings is 1. The van der Waals surface area contributed by atoms with Crippen molar-refractivity contribution in [3.63, 3.8) is 0 Å². The molecule has 1 unspecified atom stereocenters. The van der Waals surface area contributed by atoms with Crippen LogP contribution in [0.1, 0.15) is 45.2 Å². The maximum Gasteiger partial charge on any atom is 0.0587 e. The monoisotopic (exact) mass is 235 g/mol. The number of aliphatic hydroxyl groups is 1. The van der Waals surface area contributed by atoms with Crippen LogP contribution < -0.4 is 5.32 Å². The summed E-state index contributed by atoms with van der Waals surface area (Å²) in [5, 5.41) is 13.0. The van der Waals surface area contributed by atoms with E-state index in [1.54, 1.807) is 0 Å². The van der Waals surface area contributed by atoms with Gasteiger partial charge in [-0.2, -0.15) is 0 Å². The quantitative estimate of drug-likeness (QED) is 0.761. The summed E-state index contributed by atoms with van der Waals surface area (Å²) < 4.78 is 0. The Balaban J connectivity index is 2.72. The largest absolute Gasteiger partial charge is 0.395 e. The summed E-state index contributed by atoms with van der Waals surface area (Å²) in [6, 6.07) is 11.0. The summed E-state index contributed by atoms with van der Waals surface area (Å²) in [5.74, 6) is 0.447. The minimum absolute atomic E-state index is 0.173. The van der Waals surface area contributed by atoms with Gasteiger partial charge in [0, 0.05) is 12.1 Å². The van der Waals surface area contributed by atoms with Crippen LogP contribution in [-0.4, -0.2) is 17.8 Å². The average molecular weight is 235 g/mol. The molecule has 2 N–H and O–H groups in total. The number of rotatable bonds is 7. The zero-order chi connectivity index (χ0) is 12.7. The SMILES string of the molecule is CCCC(N[C@H](CO)C(C)C)c1ccccc1. The highest BCUT2D eigenvalue weighted by atomic mass is 16.3. The molecule has 0 heterocycles. The van der Waals surface area contributed by atoms with E-state index in [-0.39, 0.29) is 12.6 Å². The van der Waals surface area contributed by atoms with Crippen molar-refractivity contribution in [2.75, 3.05) is 6.61 Å². The van der Waals surface area contributed by atoms with Crippen molar-refractivity contribution in [1.29, 1.82) is 0 Å². The summed E-state index contributed by atoms with van der Waals surface area (Å²) in [4.78, 5) is 0. The molecule has 0 spiro atoms. The second kappa shape index (κ2) is 7.46. The molecule has 0 fully saturated rings. The van der Waals surface area contributed by atoms with Crippen LogP contribution >= 0.6 is 0 Å². The molecule has 0 saturated heterocycles. The standard InChI is InChI=1S/C15H25NO/c1-4-8-14(13-9-6-5-7-10-13)16-15(11-17)12(2)3/h5-7,9-10,12,14-17H,4,8,11H2,1-3H3/t14?,15-/m1/s1. The Morgan fingerprint density at radius 2 is 1.82 bits per heavy atom. The van der Waals surface area contributed by atoms with Gasteiger partial charge in [0.2, 0.25) is 0 Å². The van der Waals surface area contributed by atoms with E-state index in [1.165, 1.54) is 5.56 Å². The van der Waals surface area contributed by atoms with Gasteiger partial charge in [-0.05, 0) is 17.9 Å². The first kappa shape index (κ1) is 14.2.